The molecule has 0 unspecified atom stereocenters. The lowest BCUT2D eigenvalue weighted by Gasteiger charge is -2.37. The predicted molar refractivity (Wildman–Crippen MR) is 86.5 cm³/mol. The second-order valence-electron chi connectivity index (χ2n) is 6.54. The second-order valence-corrected chi connectivity index (χ2v) is 6.54. The topological polar surface area (TPSA) is 9.23 Å². The average molecular weight is 276 g/mol. The van der Waals surface area contributed by atoms with Crippen molar-refractivity contribution in [3.05, 3.63) is 71.3 Å². The summed E-state index contributed by atoms with van der Waals surface area (Å²) in [6, 6.07) is 19.3. The van der Waals surface area contributed by atoms with Crippen LogP contribution in [0.15, 0.2) is 54.6 Å². The van der Waals surface area contributed by atoms with Crippen LogP contribution in [0, 0.1) is 5.92 Å². The number of hydrogen-bond donors (Lipinski definition) is 0. The van der Waals surface area contributed by atoms with Crippen LogP contribution in [0.1, 0.15) is 43.4 Å². The van der Waals surface area contributed by atoms with Crippen LogP contribution < -0.4 is 0 Å². The molecule has 1 fully saturated rings. The van der Waals surface area contributed by atoms with Gasteiger partial charge in [-0.25, -0.2) is 0 Å². The third-order valence-electron chi connectivity index (χ3n) is 4.49. The molecule has 0 saturated heterocycles. The van der Waals surface area contributed by atoms with E-state index in [1.165, 1.54) is 35.1 Å². The lowest BCUT2D eigenvalue weighted by Crippen LogP contribution is -2.27. The Morgan fingerprint density at radius 1 is 0.905 bits per heavy atom. The first-order valence-electron chi connectivity index (χ1n) is 7.75. The van der Waals surface area contributed by atoms with Crippen molar-refractivity contribution in [2.24, 2.45) is 5.92 Å². The van der Waals surface area contributed by atoms with E-state index in [1.54, 1.807) is 0 Å². The molecular weight excluding hydrogens is 256 g/mol. The van der Waals surface area contributed by atoms with Crippen molar-refractivity contribution in [3.63, 3.8) is 0 Å². The van der Waals surface area contributed by atoms with Gasteiger partial charge in [0.2, 0.25) is 0 Å². The van der Waals surface area contributed by atoms with Crippen LogP contribution in [0.2, 0.25) is 0 Å². The molecule has 1 heterocycles. The van der Waals surface area contributed by atoms with E-state index in [4.69, 9.17) is 4.74 Å². The molecule has 1 saturated carbocycles. The molecule has 2 aliphatic rings. The Balaban J connectivity index is 1.98. The average Bonchev–Trinajstić information content (AvgIpc) is 3.32. The molecule has 1 aliphatic heterocycles. The van der Waals surface area contributed by atoms with Gasteiger partial charge in [-0.15, -0.1) is 0 Å². The summed E-state index contributed by atoms with van der Waals surface area (Å²) in [6.07, 6.45) is 2.56. The van der Waals surface area contributed by atoms with E-state index in [9.17, 15) is 0 Å². The van der Waals surface area contributed by atoms with Crippen LogP contribution in [0.25, 0.3) is 11.3 Å². The number of benzene rings is 2. The summed E-state index contributed by atoms with van der Waals surface area (Å²) in [6.45, 7) is 4.33. The molecule has 2 aromatic carbocycles. The monoisotopic (exact) mass is 276 g/mol. The predicted octanol–water partition coefficient (Wildman–Crippen LogP) is 5.23. The molecule has 0 aromatic heterocycles. The van der Waals surface area contributed by atoms with Crippen LogP contribution >= 0.6 is 0 Å². The largest absolute Gasteiger partial charge is 0.482 e. The molecule has 106 valence electrons. The lowest BCUT2D eigenvalue weighted by atomic mass is 9.83. The van der Waals surface area contributed by atoms with Crippen LogP contribution in [-0.2, 0) is 10.3 Å². The number of hydrogen-bond acceptors (Lipinski definition) is 1. The Bertz CT molecular complexity index is 706. The standard InChI is InChI=1S/C20H20O/c1-20(2)17-11-7-6-10-16(17)18(14-12-13-14)19(21-20)15-8-4-3-5-9-15/h3-11,14H,12-13H2,1-2H3. The van der Waals surface area contributed by atoms with Gasteiger partial charge in [-0.3, -0.25) is 0 Å². The molecule has 4 rings (SSSR count). The van der Waals surface area contributed by atoms with Crippen molar-refractivity contribution in [1.82, 2.24) is 0 Å². The Labute approximate surface area is 126 Å². The van der Waals surface area contributed by atoms with Gasteiger partial charge in [0.05, 0.1) is 0 Å². The Morgan fingerprint density at radius 3 is 2.29 bits per heavy atom. The molecule has 21 heavy (non-hydrogen) atoms. The summed E-state index contributed by atoms with van der Waals surface area (Å²) < 4.78 is 6.48. The van der Waals surface area contributed by atoms with Gasteiger partial charge in [-0.2, -0.15) is 0 Å². The minimum absolute atomic E-state index is 0.278. The van der Waals surface area contributed by atoms with E-state index in [1.807, 2.05) is 0 Å². The fourth-order valence-corrected chi connectivity index (χ4v) is 3.31. The number of fused-ring (bicyclic) bond motifs is 1. The molecule has 1 heteroatoms. The second kappa shape index (κ2) is 4.49. The van der Waals surface area contributed by atoms with Crippen LogP contribution in [-0.4, -0.2) is 0 Å². The normalized spacial score (nSPS) is 19.9. The number of ether oxygens (including phenoxy) is 1. The van der Waals surface area contributed by atoms with Crippen molar-refractivity contribution in [3.8, 4) is 0 Å². The molecule has 0 N–H and O–H groups in total. The van der Waals surface area contributed by atoms with Gasteiger partial charge in [0.25, 0.3) is 0 Å². The molecule has 0 bridgehead atoms. The van der Waals surface area contributed by atoms with Gasteiger partial charge in [-0.05, 0) is 38.2 Å². The zero-order valence-corrected chi connectivity index (χ0v) is 12.6. The Hall–Kier alpha value is -2.02. The van der Waals surface area contributed by atoms with Gasteiger partial charge >= 0.3 is 0 Å². The maximum atomic E-state index is 6.48. The van der Waals surface area contributed by atoms with Crippen molar-refractivity contribution in [2.45, 2.75) is 32.3 Å². The van der Waals surface area contributed by atoms with Crippen LogP contribution in [0.4, 0.5) is 0 Å². The zero-order chi connectivity index (χ0) is 14.4. The van der Waals surface area contributed by atoms with Crippen molar-refractivity contribution in [1.29, 1.82) is 0 Å². The zero-order valence-electron chi connectivity index (χ0n) is 12.6. The van der Waals surface area contributed by atoms with Gasteiger partial charge in [0.15, 0.2) is 0 Å². The first kappa shape index (κ1) is 12.7. The summed E-state index contributed by atoms with van der Waals surface area (Å²) in [4.78, 5) is 0. The highest BCUT2D eigenvalue weighted by Gasteiger charge is 2.40. The number of allylic oxidation sites excluding steroid dienone is 1. The Kier molecular flexibility index (Phi) is 2.72. The smallest absolute Gasteiger partial charge is 0.131 e. The molecule has 2 aromatic rings. The molecule has 0 amide bonds. The first-order chi connectivity index (χ1) is 10.2. The highest BCUT2D eigenvalue weighted by molar-refractivity contribution is 5.92. The van der Waals surface area contributed by atoms with Gasteiger partial charge in [-0.1, -0.05) is 54.6 Å². The van der Waals surface area contributed by atoms with E-state index in [-0.39, 0.29) is 5.60 Å². The van der Waals surface area contributed by atoms with Crippen molar-refractivity contribution < 1.29 is 4.74 Å². The molecule has 0 spiro atoms. The molecule has 1 aliphatic carbocycles. The fourth-order valence-electron chi connectivity index (χ4n) is 3.31. The summed E-state index contributed by atoms with van der Waals surface area (Å²) in [5, 5.41) is 0. The number of rotatable bonds is 2. The molecule has 0 radical (unpaired) electrons. The first-order valence-corrected chi connectivity index (χ1v) is 7.75. The van der Waals surface area contributed by atoms with E-state index in [0.717, 1.165) is 5.76 Å². The van der Waals surface area contributed by atoms with E-state index < -0.39 is 0 Å². The molecule has 0 atom stereocenters. The van der Waals surface area contributed by atoms with Crippen molar-refractivity contribution in [2.75, 3.05) is 0 Å². The minimum atomic E-state index is -0.278. The maximum absolute atomic E-state index is 6.48. The van der Waals surface area contributed by atoms with Crippen molar-refractivity contribution >= 4 is 11.3 Å². The van der Waals surface area contributed by atoms with Gasteiger partial charge < -0.3 is 4.74 Å². The third-order valence-corrected chi connectivity index (χ3v) is 4.49. The van der Waals surface area contributed by atoms with E-state index in [2.05, 4.69) is 68.4 Å². The maximum Gasteiger partial charge on any atom is 0.131 e. The summed E-state index contributed by atoms with van der Waals surface area (Å²) in [7, 11) is 0. The lowest BCUT2D eigenvalue weighted by molar-refractivity contribution is 0.0715. The van der Waals surface area contributed by atoms with Gasteiger partial charge in [0.1, 0.15) is 11.4 Å². The quantitative estimate of drug-likeness (QED) is 0.729. The third kappa shape index (κ3) is 2.08. The van der Waals surface area contributed by atoms with Gasteiger partial charge in [0, 0.05) is 16.7 Å². The summed E-state index contributed by atoms with van der Waals surface area (Å²) in [5.41, 5.74) is 5.03. The minimum Gasteiger partial charge on any atom is -0.482 e. The van der Waals surface area contributed by atoms with Crippen LogP contribution in [0.3, 0.4) is 0 Å². The molecule has 1 nitrogen and oxygen atoms in total. The fraction of sp³-hybridized carbons (Fsp3) is 0.300. The van der Waals surface area contributed by atoms with E-state index in [0.29, 0.717) is 5.92 Å². The SMILES string of the molecule is CC1(C)OC(c2ccccc2)=C(C2CC2)c2ccccc21. The van der Waals surface area contributed by atoms with E-state index >= 15 is 0 Å². The summed E-state index contributed by atoms with van der Waals surface area (Å²) in [5.74, 6) is 1.75. The highest BCUT2D eigenvalue weighted by Crippen LogP contribution is 2.52. The highest BCUT2D eigenvalue weighted by atomic mass is 16.5. The summed E-state index contributed by atoms with van der Waals surface area (Å²) >= 11 is 0. The molecular formula is C20H20O. The Morgan fingerprint density at radius 2 is 1.57 bits per heavy atom. The van der Waals surface area contributed by atoms with Crippen LogP contribution in [0.5, 0.6) is 0 Å².